The fourth-order valence-electron chi connectivity index (χ4n) is 1.90. The van der Waals surface area contributed by atoms with Gasteiger partial charge in [0, 0.05) is 29.8 Å². The molecule has 1 fully saturated rings. The van der Waals surface area contributed by atoms with Gasteiger partial charge in [-0.05, 0) is 24.6 Å². The first kappa shape index (κ1) is 13.5. The molecule has 1 unspecified atom stereocenters. The Kier molecular flexibility index (Phi) is 4.02. The highest BCUT2D eigenvalue weighted by Gasteiger charge is 2.33. The molecule has 0 aliphatic carbocycles. The Balaban J connectivity index is 2.11. The van der Waals surface area contributed by atoms with E-state index in [1.807, 2.05) is 0 Å². The first-order valence-electron chi connectivity index (χ1n) is 5.65. The standard InChI is InChI=1S/C12H13ClF3NO/c13-9-1-2-11(10(5-9)12(14,15)16)17-6-8-3-4-18-7-8/h1-2,5,8,17H,3-4,6-7H2. The number of nitrogens with one attached hydrogen (secondary N) is 1. The predicted octanol–water partition coefficient (Wildman–Crippen LogP) is 3.81. The van der Waals surface area contributed by atoms with Gasteiger partial charge < -0.3 is 10.1 Å². The molecule has 1 heterocycles. The Hall–Kier alpha value is -0.940. The first-order valence-corrected chi connectivity index (χ1v) is 6.03. The van der Waals surface area contributed by atoms with E-state index in [9.17, 15) is 13.2 Å². The van der Waals surface area contributed by atoms with E-state index in [4.69, 9.17) is 16.3 Å². The maximum absolute atomic E-state index is 12.8. The smallest absolute Gasteiger partial charge is 0.384 e. The van der Waals surface area contributed by atoms with Crippen LogP contribution < -0.4 is 5.32 Å². The zero-order valence-electron chi connectivity index (χ0n) is 9.56. The van der Waals surface area contributed by atoms with E-state index in [0.717, 1.165) is 12.5 Å². The van der Waals surface area contributed by atoms with Crippen LogP contribution in [0.15, 0.2) is 18.2 Å². The van der Waals surface area contributed by atoms with Crippen molar-refractivity contribution in [1.29, 1.82) is 0 Å². The van der Waals surface area contributed by atoms with Crippen molar-refractivity contribution in [2.24, 2.45) is 5.92 Å². The minimum atomic E-state index is -4.40. The van der Waals surface area contributed by atoms with Gasteiger partial charge in [0.2, 0.25) is 0 Å². The average molecular weight is 280 g/mol. The van der Waals surface area contributed by atoms with E-state index in [1.54, 1.807) is 0 Å². The Morgan fingerprint density at radius 3 is 2.78 bits per heavy atom. The zero-order chi connectivity index (χ0) is 13.2. The number of ether oxygens (including phenoxy) is 1. The van der Waals surface area contributed by atoms with E-state index in [1.165, 1.54) is 12.1 Å². The second kappa shape index (κ2) is 5.36. The van der Waals surface area contributed by atoms with Crippen molar-refractivity contribution < 1.29 is 17.9 Å². The molecule has 18 heavy (non-hydrogen) atoms. The van der Waals surface area contributed by atoms with Gasteiger partial charge in [0.15, 0.2) is 0 Å². The van der Waals surface area contributed by atoms with Gasteiger partial charge in [0.05, 0.1) is 12.2 Å². The topological polar surface area (TPSA) is 21.3 Å². The third-order valence-corrected chi connectivity index (χ3v) is 3.13. The summed E-state index contributed by atoms with van der Waals surface area (Å²) in [4.78, 5) is 0. The third-order valence-electron chi connectivity index (χ3n) is 2.89. The van der Waals surface area contributed by atoms with Gasteiger partial charge in [-0.15, -0.1) is 0 Å². The van der Waals surface area contributed by atoms with E-state index in [2.05, 4.69) is 5.32 Å². The Labute approximate surface area is 108 Å². The summed E-state index contributed by atoms with van der Waals surface area (Å²) in [5.41, 5.74) is -0.660. The molecule has 1 aliphatic rings. The van der Waals surface area contributed by atoms with Crippen LogP contribution in [-0.4, -0.2) is 19.8 Å². The van der Waals surface area contributed by atoms with Gasteiger partial charge in [-0.2, -0.15) is 13.2 Å². The molecule has 0 amide bonds. The SMILES string of the molecule is FC(F)(F)c1cc(Cl)ccc1NCC1CCOC1. The highest BCUT2D eigenvalue weighted by atomic mass is 35.5. The molecule has 1 saturated heterocycles. The monoisotopic (exact) mass is 279 g/mol. The van der Waals surface area contributed by atoms with Crippen molar-refractivity contribution in [3.05, 3.63) is 28.8 Å². The summed E-state index contributed by atoms with van der Waals surface area (Å²) < 4.78 is 43.6. The lowest BCUT2D eigenvalue weighted by Gasteiger charge is -2.16. The van der Waals surface area contributed by atoms with Crippen molar-refractivity contribution in [1.82, 2.24) is 0 Å². The lowest BCUT2D eigenvalue weighted by molar-refractivity contribution is -0.136. The van der Waals surface area contributed by atoms with Crippen molar-refractivity contribution in [2.75, 3.05) is 25.1 Å². The number of hydrogen-bond acceptors (Lipinski definition) is 2. The number of alkyl halides is 3. The number of benzene rings is 1. The summed E-state index contributed by atoms with van der Waals surface area (Å²) in [6.07, 6.45) is -3.53. The Bertz CT molecular complexity index is 416. The second-order valence-electron chi connectivity index (χ2n) is 4.30. The lowest BCUT2D eigenvalue weighted by Crippen LogP contribution is -2.17. The lowest BCUT2D eigenvalue weighted by atomic mass is 10.1. The van der Waals surface area contributed by atoms with Crippen LogP contribution in [0.4, 0.5) is 18.9 Å². The summed E-state index contributed by atoms with van der Waals surface area (Å²) >= 11 is 5.60. The van der Waals surface area contributed by atoms with Crippen molar-refractivity contribution in [3.8, 4) is 0 Å². The fourth-order valence-corrected chi connectivity index (χ4v) is 2.08. The maximum Gasteiger partial charge on any atom is 0.418 e. The number of hydrogen-bond donors (Lipinski definition) is 1. The maximum atomic E-state index is 12.8. The van der Waals surface area contributed by atoms with E-state index in [0.29, 0.717) is 19.8 Å². The highest BCUT2D eigenvalue weighted by Crippen LogP contribution is 2.36. The third kappa shape index (κ3) is 3.29. The molecule has 0 bridgehead atoms. The van der Waals surface area contributed by atoms with Gasteiger partial charge in [-0.25, -0.2) is 0 Å². The molecule has 2 nitrogen and oxygen atoms in total. The van der Waals surface area contributed by atoms with Gasteiger partial charge in [0.25, 0.3) is 0 Å². The Morgan fingerprint density at radius 2 is 2.17 bits per heavy atom. The highest BCUT2D eigenvalue weighted by molar-refractivity contribution is 6.30. The molecule has 1 atom stereocenters. The average Bonchev–Trinajstić information content (AvgIpc) is 2.79. The molecule has 2 rings (SSSR count). The largest absolute Gasteiger partial charge is 0.418 e. The van der Waals surface area contributed by atoms with Crippen molar-refractivity contribution in [2.45, 2.75) is 12.6 Å². The predicted molar refractivity (Wildman–Crippen MR) is 63.9 cm³/mol. The molecule has 0 aromatic heterocycles. The van der Waals surface area contributed by atoms with Crippen LogP contribution in [0.2, 0.25) is 5.02 Å². The quantitative estimate of drug-likeness (QED) is 0.908. The van der Waals surface area contributed by atoms with Crippen LogP contribution in [0, 0.1) is 5.92 Å². The molecule has 0 saturated carbocycles. The number of anilines is 1. The van der Waals surface area contributed by atoms with Gasteiger partial charge in [-0.1, -0.05) is 11.6 Å². The molecule has 0 spiro atoms. The van der Waals surface area contributed by atoms with Crippen molar-refractivity contribution >= 4 is 17.3 Å². The summed E-state index contributed by atoms with van der Waals surface area (Å²) in [5.74, 6) is 0.266. The van der Waals surface area contributed by atoms with Crippen LogP contribution in [0.3, 0.4) is 0 Å². The molecule has 6 heteroatoms. The van der Waals surface area contributed by atoms with Gasteiger partial charge in [-0.3, -0.25) is 0 Å². The first-order chi connectivity index (χ1) is 8.47. The molecular formula is C12H13ClF3NO. The van der Waals surface area contributed by atoms with E-state index >= 15 is 0 Å². The zero-order valence-corrected chi connectivity index (χ0v) is 10.3. The van der Waals surface area contributed by atoms with E-state index < -0.39 is 11.7 Å². The molecule has 100 valence electrons. The van der Waals surface area contributed by atoms with Crippen LogP contribution in [-0.2, 0) is 10.9 Å². The summed E-state index contributed by atoms with van der Waals surface area (Å²) in [5, 5.41) is 2.91. The van der Waals surface area contributed by atoms with Gasteiger partial charge in [0.1, 0.15) is 0 Å². The van der Waals surface area contributed by atoms with Crippen LogP contribution in [0.25, 0.3) is 0 Å². The van der Waals surface area contributed by atoms with Crippen molar-refractivity contribution in [3.63, 3.8) is 0 Å². The summed E-state index contributed by atoms with van der Waals surface area (Å²) in [6.45, 7) is 1.76. The number of rotatable bonds is 3. The molecular weight excluding hydrogens is 267 g/mol. The van der Waals surface area contributed by atoms with Crippen LogP contribution >= 0.6 is 11.6 Å². The molecule has 1 aliphatic heterocycles. The minimum absolute atomic E-state index is 0.0683. The normalized spacial score (nSPS) is 20.1. The van der Waals surface area contributed by atoms with Crippen LogP contribution in [0.5, 0.6) is 0 Å². The Morgan fingerprint density at radius 1 is 1.39 bits per heavy atom. The second-order valence-corrected chi connectivity index (χ2v) is 4.73. The number of halogens is 4. The molecule has 1 N–H and O–H groups in total. The van der Waals surface area contributed by atoms with Crippen LogP contribution in [0.1, 0.15) is 12.0 Å². The summed E-state index contributed by atoms with van der Waals surface area (Å²) in [6, 6.07) is 3.75. The fraction of sp³-hybridized carbons (Fsp3) is 0.500. The summed E-state index contributed by atoms with van der Waals surface area (Å²) in [7, 11) is 0. The molecule has 1 aromatic rings. The minimum Gasteiger partial charge on any atom is -0.384 e. The molecule has 0 radical (unpaired) electrons. The molecule has 1 aromatic carbocycles. The van der Waals surface area contributed by atoms with E-state index in [-0.39, 0.29) is 16.6 Å². The van der Waals surface area contributed by atoms with Gasteiger partial charge >= 0.3 is 6.18 Å².